The highest BCUT2D eigenvalue weighted by Gasteiger charge is 2.31. The molecule has 3 rings (SSSR count). The van der Waals surface area contributed by atoms with Crippen LogP contribution in [0.5, 0.6) is 5.88 Å². The number of methoxy groups -OCH3 is 1. The first-order valence-corrected chi connectivity index (χ1v) is 9.74. The number of carboxylic acid groups (broad SMARTS) is 1. The van der Waals surface area contributed by atoms with E-state index in [0.29, 0.717) is 11.3 Å². The van der Waals surface area contributed by atoms with Gasteiger partial charge < -0.3 is 14.9 Å². The number of aliphatic imine (C=N–C) groups is 1. The van der Waals surface area contributed by atoms with Crippen molar-refractivity contribution in [3.8, 4) is 5.88 Å². The van der Waals surface area contributed by atoms with E-state index in [-0.39, 0.29) is 31.9 Å². The fraction of sp³-hybridized carbons (Fsp3) is 0.263. The van der Waals surface area contributed by atoms with E-state index in [4.69, 9.17) is 17.0 Å². The number of hydrogen-bond donors (Lipinski definition) is 2. The van der Waals surface area contributed by atoms with Crippen molar-refractivity contribution in [1.29, 1.82) is 0 Å². The van der Waals surface area contributed by atoms with Crippen molar-refractivity contribution in [3.63, 3.8) is 0 Å². The Morgan fingerprint density at radius 3 is 2.66 bits per heavy atom. The Bertz CT molecular complexity index is 1130. The average molecular weight is 436 g/mol. The summed E-state index contributed by atoms with van der Waals surface area (Å²) in [6.45, 7) is 3.40. The van der Waals surface area contributed by atoms with E-state index in [1.54, 1.807) is 13.8 Å². The number of carboxylic acids is 1. The van der Waals surface area contributed by atoms with Crippen molar-refractivity contribution in [2.24, 2.45) is 10.9 Å². The van der Waals surface area contributed by atoms with Gasteiger partial charge in [-0.3, -0.25) is 4.57 Å². The summed E-state index contributed by atoms with van der Waals surface area (Å²) in [5, 5.41) is 20.2. The number of nitrogens with zero attached hydrogens (tertiary/aromatic N) is 2. The fourth-order valence-corrected chi connectivity index (χ4v) is 4.41. The third-order valence-corrected chi connectivity index (χ3v) is 5.73. The number of hydrogen-bond acceptors (Lipinski definition) is 7. The lowest BCUT2D eigenvalue weighted by Gasteiger charge is -2.18. The van der Waals surface area contributed by atoms with Crippen LogP contribution in [0.2, 0.25) is 0 Å². The first kappa shape index (κ1) is 20.9. The number of rotatable bonds is 5. The van der Waals surface area contributed by atoms with Crippen LogP contribution < -0.4 is 0 Å². The molecule has 152 valence electrons. The molecule has 7 nitrogen and oxygen atoms in total. The molecule has 2 N–H and O–H groups in total. The third-order valence-electron chi connectivity index (χ3n) is 4.40. The molecule has 1 aromatic heterocycles. The van der Waals surface area contributed by atoms with Gasteiger partial charge in [-0.05, 0) is 42.4 Å². The zero-order valence-electron chi connectivity index (χ0n) is 15.7. The van der Waals surface area contributed by atoms with E-state index < -0.39 is 23.8 Å². The Hall–Kier alpha value is -2.85. The molecule has 2 aromatic rings. The number of thiazole rings is 1. The molecule has 0 aliphatic carbocycles. The minimum absolute atomic E-state index is 0.0444. The number of fused-ring (bicyclic) bond motifs is 1. The average Bonchev–Trinajstić information content (AvgIpc) is 3.13. The SMILES string of the molecule is COC(=O)C1=Nc2ccc(F)cc2/C1=C\c1sc(=S)n(C(C(=O)O)C(C)C)c1O. The standard InChI is InChI=1S/C19H17FN2O5S2/c1-8(2)15(17(24)25)22-16(23)13(29-19(22)28)7-11-10-6-9(20)4-5-12(10)21-14(11)18(26)27-3/h4-8,15,23H,1-3H3,(H,24,25)/b11-7+. The molecule has 0 fully saturated rings. The first-order chi connectivity index (χ1) is 13.6. The predicted octanol–water partition coefficient (Wildman–Crippen LogP) is 4.21. The smallest absolute Gasteiger partial charge is 0.357 e. The van der Waals surface area contributed by atoms with Gasteiger partial charge in [-0.2, -0.15) is 0 Å². The maximum atomic E-state index is 13.8. The molecular weight excluding hydrogens is 419 g/mol. The number of ether oxygens (including phenoxy) is 1. The number of carbonyl (C=O) groups excluding carboxylic acids is 1. The van der Waals surface area contributed by atoms with Crippen LogP contribution in [0.15, 0.2) is 23.2 Å². The molecule has 0 bridgehead atoms. The van der Waals surface area contributed by atoms with Gasteiger partial charge in [-0.25, -0.2) is 19.0 Å². The predicted molar refractivity (Wildman–Crippen MR) is 110 cm³/mol. The van der Waals surface area contributed by atoms with Gasteiger partial charge in [0.1, 0.15) is 11.9 Å². The molecule has 1 aromatic carbocycles. The molecule has 2 heterocycles. The van der Waals surface area contributed by atoms with Crippen molar-refractivity contribution in [2.75, 3.05) is 7.11 Å². The molecule has 0 radical (unpaired) electrons. The minimum atomic E-state index is -1.13. The number of aliphatic carboxylic acids is 1. The monoisotopic (exact) mass is 436 g/mol. The normalized spacial score (nSPS) is 15.3. The quantitative estimate of drug-likeness (QED) is 0.538. The Labute approximate surface area is 174 Å². The Balaban J connectivity index is 2.20. The number of aromatic hydroxyl groups is 1. The molecule has 1 aliphatic rings. The van der Waals surface area contributed by atoms with Crippen molar-refractivity contribution in [3.05, 3.63) is 38.4 Å². The highest BCUT2D eigenvalue weighted by molar-refractivity contribution is 7.73. The summed E-state index contributed by atoms with van der Waals surface area (Å²) in [4.78, 5) is 28.3. The third kappa shape index (κ3) is 3.73. The number of benzene rings is 1. The van der Waals surface area contributed by atoms with Crippen LogP contribution in [-0.4, -0.2) is 39.5 Å². The van der Waals surface area contributed by atoms with Crippen LogP contribution in [0, 0.1) is 15.7 Å². The van der Waals surface area contributed by atoms with Crippen LogP contribution in [0.1, 0.15) is 30.3 Å². The van der Waals surface area contributed by atoms with Crippen molar-refractivity contribution >= 4 is 58.5 Å². The number of halogens is 1. The summed E-state index contributed by atoms with van der Waals surface area (Å²) < 4.78 is 19.9. The van der Waals surface area contributed by atoms with Crippen LogP contribution in [-0.2, 0) is 14.3 Å². The second-order valence-electron chi connectivity index (χ2n) is 6.62. The second-order valence-corrected chi connectivity index (χ2v) is 8.30. The fourth-order valence-electron chi connectivity index (χ4n) is 3.09. The molecule has 10 heteroatoms. The summed E-state index contributed by atoms with van der Waals surface area (Å²) in [7, 11) is 1.20. The number of esters is 1. The van der Waals surface area contributed by atoms with Gasteiger partial charge in [0.05, 0.1) is 17.7 Å². The maximum absolute atomic E-state index is 13.8. The Morgan fingerprint density at radius 1 is 1.38 bits per heavy atom. The van der Waals surface area contributed by atoms with E-state index in [0.717, 1.165) is 15.9 Å². The molecule has 0 saturated heterocycles. The van der Waals surface area contributed by atoms with Gasteiger partial charge in [0.25, 0.3) is 0 Å². The maximum Gasteiger partial charge on any atom is 0.357 e. The van der Waals surface area contributed by atoms with E-state index in [9.17, 15) is 24.2 Å². The molecule has 1 aliphatic heterocycles. The van der Waals surface area contributed by atoms with Gasteiger partial charge in [0, 0.05) is 11.1 Å². The van der Waals surface area contributed by atoms with E-state index in [1.807, 2.05) is 0 Å². The molecule has 1 atom stereocenters. The van der Waals surface area contributed by atoms with Crippen LogP contribution in [0.25, 0.3) is 11.6 Å². The lowest BCUT2D eigenvalue weighted by Crippen LogP contribution is -2.23. The van der Waals surface area contributed by atoms with Crippen LogP contribution >= 0.6 is 23.6 Å². The largest absolute Gasteiger partial charge is 0.493 e. The summed E-state index contributed by atoms with van der Waals surface area (Å²) in [5.74, 6) is -3.05. The zero-order valence-corrected chi connectivity index (χ0v) is 17.3. The molecular formula is C19H17FN2O5S2. The molecule has 29 heavy (non-hydrogen) atoms. The summed E-state index contributed by atoms with van der Waals surface area (Å²) in [5.41, 5.74) is 0.943. The number of carbonyl (C=O) groups is 2. The molecule has 0 saturated carbocycles. The van der Waals surface area contributed by atoms with E-state index >= 15 is 0 Å². The summed E-state index contributed by atoms with van der Waals surface area (Å²) in [6.07, 6.45) is 1.44. The molecule has 1 unspecified atom stereocenters. The Morgan fingerprint density at radius 2 is 2.07 bits per heavy atom. The highest BCUT2D eigenvalue weighted by Crippen LogP contribution is 2.40. The van der Waals surface area contributed by atoms with Gasteiger partial charge in [0.15, 0.2) is 9.67 Å². The molecule has 0 spiro atoms. The van der Waals surface area contributed by atoms with Crippen molar-refractivity contribution in [1.82, 2.24) is 4.57 Å². The number of aromatic nitrogens is 1. The van der Waals surface area contributed by atoms with Crippen LogP contribution in [0.4, 0.5) is 10.1 Å². The second kappa shape index (κ2) is 7.88. The van der Waals surface area contributed by atoms with Crippen molar-refractivity contribution < 1.29 is 28.9 Å². The van der Waals surface area contributed by atoms with Gasteiger partial charge >= 0.3 is 11.9 Å². The topological polar surface area (TPSA) is 101 Å². The lowest BCUT2D eigenvalue weighted by molar-refractivity contribution is -0.142. The molecule has 0 amide bonds. The first-order valence-electron chi connectivity index (χ1n) is 8.51. The summed E-state index contributed by atoms with van der Waals surface area (Å²) >= 11 is 6.24. The lowest BCUT2D eigenvalue weighted by atomic mass is 10.0. The minimum Gasteiger partial charge on any atom is -0.493 e. The Kier molecular flexibility index (Phi) is 5.67. The zero-order chi connectivity index (χ0) is 21.5. The van der Waals surface area contributed by atoms with Crippen molar-refractivity contribution in [2.45, 2.75) is 19.9 Å². The van der Waals surface area contributed by atoms with Gasteiger partial charge in [-0.15, -0.1) is 11.3 Å². The highest BCUT2D eigenvalue weighted by atomic mass is 32.1. The van der Waals surface area contributed by atoms with Crippen LogP contribution in [0.3, 0.4) is 0 Å². The van der Waals surface area contributed by atoms with E-state index in [2.05, 4.69) is 4.99 Å². The van der Waals surface area contributed by atoms with Gasteiger partial charge in [0.2, 0.25) is 5.88 Å². The van der Waals surface area contributed by atoms with Gasteiger partial charge in [-0.1, -0.05) is 13.8 Å². The van der Waals surface area contributed by atoms with E-state index in [1.165, 1.54) is 31.4 Å². The summed E-state index contributed by atoms with van der Waals surface area (Å²) in [6, 6.07) is 2.81.